The van der Waals surface area contributed by atoms with Crippen molar-refractivity contribution in [3.8, 4) is 0 Å². The SMILES string of the molecule is C=CCN(CCO)Cc1ccccc1CCNCC. The van der Waals surface area contributed by atoms with Gasteiger partial charge in [0, 0.05) is 19.6 Å². The van der Waals surface area contributed by atoms with Crippen molar-refractivity contribution in [1.82, 2.24) is 10.2 Å². The molecule has 3 heteroatoms. The maximum atomic E-state index is 9.10. The summed E-state index contributed by atoms with van der Waals surface area (Å²) in [5.41, 5.74) is 2.73. The molecule has 106 valence electrons. The van der Waals surface area contributed by atoms with Gasteiger partial charge < -0.3 is 10.4 Å². The van der Waals surface area contributed by atoms with Gasteiger partial charge in [-0.05, 0) is 30.6 Å². The third-order valence-electron chi connectivity index (χ3n) is 3.14. The average Bonchev–Trinajstić information content (AvgIpc) is 2.41. The number of nitrogens with zero attached hydrogens (tertiary/aromatic N) is 1. The van der Waals surface area contributed by atoms with Crippen LogP contribution in [0.1, 0.15) is 18.1 Å². The van der Waals surface area contributed by atoms with Crippen LogP contribution in [0.2, 0.25) is 0 Å². The quantitative estimate of drug-likeness (QED) is 0.499. The maximum absolute atomic E-state index is 9.10. The highest BCUT2D eigenvalue weighted by Crippen LogP contribution is 2.12. The molecule has 19 heavy (non-hydrogen) atoms. The van der Waals surface area contributed by atoms with E-state index in [0.717, 1.165) is 32.6 Å². The van der Waals surface area contributed by atoms with Gasteiger partial charge in [-0.25, -0.2) is 0 Å². The summed E-state index contributed by atoms with van der Waals surface area (Å²) in [5.74, 6) is 0. The Bertz CT molecular complexity index is 366. The lowest BCUT2D eigenvalue weighted by Crippen LogP contribution is -2.27. The van der Waals surface area contributed by atoms with Crippen molar-refractivity contribution >= 4 is 0 Å². The topological polar surface area (TPSA) is 35.5 Å². The molecular formula is C16H26N2O. The molecule has 1 aromatic carbocycles. The van der Waals surface area contributed by atoms with E-state index in [1.165, 1.54) is 11.1 Å². The Balaban J connectivity index is 2.66. The van der Waals surface area contributed by atoms with Crippen molar-refractivity contribution in [2.24, 2.45) is 0 Å². The van der Waals surface area contributed by atoms with Gasteiger partial charge in [-0.2, -0.15) is 0 Å². The second kappa shape index (κ2) is 9.73. The smallest absolute Gasteiger partial charge is 0.0558 e. The Hall–Kier alpha value is -1.16. The molecule has 0 spiro atoms. The standard InChI is InChI=1S/C16H26N2O/c1-3-11-18(12-13-19)14-16-8-6-5-7-15(16)9-10-17-4-2/h3,5-8,17,19H,1,4,9-14H2,2H3. The van der Waals surface area contributed by atoms with Crippen LogP contribution < -0.4 is 5.32 Å². The van der Waals surface area contributed by atoms with Crippen LogP contribution in [0.3, 0.4) is 0 Å². The van der Waals surface area contributed by atoms with E-state index in [0.29, 0.717) is 6.54 Å². The normalized spacial score (nSPS) is 10.9. The molecule has 0 aromatic heterocycles. The monoisotopic (exact) mass is 262 g/mol. The third-order valence-corrected chi connectivity index (χ3v) is 3.14. The summed E-state index contributed by atoms with van der Waals surface area (Å²) in [6.45, 7) is 10.5. The van der Waals surface area contributed by atoms with E-state index in [-0.39, 0.29) is 6.61 Å². The van der Waals surface area contributed by atoms with Gasteiger partial charge in [-0.15, -0.1) is 6.58 Å². The summed E-state index contributed by atoms with van der Waals surface area (Å²) in [4.78, 5) is 2.21. The lowest BCUT2D eigenvalue weighted by molar-refractivity contribution is 0.203. The van der Waals surface area contributed by atoms with Crippen LogP contribution in [0.25, 0.3) is 0 Å². The van der Waals surface area contributed by atoms with Crippen molar-refractivity contribution in [2.75, 3.05) is 32.8 Å². The van der Waals surface area contributed by atoms with Crippen LogP contribution >= 0.6 is 0 Å². The Morgan fingerprint density at radius 3 is 2.68 bits per heavy atom. The van der Waals surface area contributed by atoms with Crippen molar-refractivity contribution in [2.45, 2.75) is 19.9 Å². The van der Waals surface area contributed by atoms with E-state index in [9.17, 15) is 0 Å². The molecule has 0 bridgehead atoms. The molecule has 0 heterocycles. The predicted molar refractivity (Wildman–Crippen MR) is 81.2 cm³/mol. The van der Waals surface area contributed by atoms with Crippen LogP contribution in [0.5, 0.6) is 0 Å². The highest BCUT2D eigenvalue weighted by atomic mass is 16.3. The highest BCUT2D eigenvalue weighted by Gasteiger charge is 2.07. The van der Waals surface area contributed by atoms with Gasteiger partial charge in [-0.3, -0.25) is 4.90 Å². The molecule has 0 aliphatic carbocycles. The molecule has 0 unspecified atom stereocenters. The number of aliphatic hydroxyl groups is 1. The van der Waals surface area contributed by atoms with Gasteiger partial charge in [0.2, 0.25) is 0 Å². The molecular weight excluding hydrogens is 236 g/mol. The Kier molecular flexibility index (Phi) is 8.14. The molecule has 0 radical (unpaired) electrons. The number of hydrogen-bond donors (Lipinski definition) is 2. The first-order chi connectivity index (χ1) is 9.31. The fourth-order valence-corrected chi connectivity index (χ4v) is 2.16. The Morgan fingerprint density at radius 2 is 2.05 bits per heavy atom. The molecule has 0 saturated carbocycles. The summed E-state index contributed by atoms with van der Waals surface area (Å²) in [6, 6.07) is 8.54. The molecule has 1 rings (SSSR count). The molecule has 0 aliphatic rings. The zero-order valence-electron chi connectivity index (χ0n) is 11.9. The van der Waals surface area contributed by atoms with Crippen LogP contribution in [0, 0.1) is 0 Å². The number of likely N-dealkylation sites (N-methyl/N-ethyl adjacent to an activating group) is 1. The second-order valence-corrected chi connectivity index (χ2v) is 4.62. The van der Waals surface area contributed by atoms with E-state index in [4.69, 9.17) is 5.11 Å². The first-order valence-corrected chi connectivity index (χ1v) is 7.03. The van der Waals surface area contributed by atoms with E-state index in [1.807, 2.05) is 6.08 Å². The van der Waals surface area contributed by atoms with Crippen LogP contribution in [-0.4, -0.2) is 42.8 Å². The fourth-order valence-electron chi connectivity index (χ4n) is 2.16. The third kappa shape index (κ3) is 6.01. The number of aliphatic hydroxyl groups excluding tert-OH is 1. The molecule has 0 saturated heterocycles. The molecule has 1 aromatic rings. The summed E-state index contributed by atoms with van der Waals surface area (Å²) in [5, 5.41) is 12.5. The fraction of sp³-hybridized carbons (Fsp3) is 0.500. The van der Waals surface area contributed by atoms with Crippen molar-refractivity contribution in [3.63, 3.8) is 0 Å². The zero-order chi connectivity index (χ0) is 13.9. The van der Waals surface area contributed by atoms with E-state index in [2.05, 4.69) is 48.0 Å². The lowest BCUT2D eigenvalue weighted by Gasteiger charge is -2.21. The van der Waals surface area contributed by atoms with Crippen LogP contribution in [0.15, 0.2) is 36.9 Å². The summed E-state index contributed by atoms with van der Waals surface area (Å²) < 4.78 is 0. The van der Waals surface area contributed by atoms with Gasteiger partial charge in [0.25, 0.3) is 0 Å². The molecule has 0 fully saturated rings. The Morgan fingerprint density at radius 1 is 1.32 bits per heavy atom. The van der Waals surface area contributed by atoms with Crippen molar-refractivity contribution in [3.05, 3.63) is 48.0 Å². The van der Waals surface area contributed by atoms with Gasteiger partial charge in [0.1, 0.15) is 0 Å². The van der Waals surface area contributed by atoms with Gasteiger partial charge in [-0.1, -0.05) is 37.3 Å². The largest absolute Gasteiger partial charge is 0.395 e. The number of hydrogen-bond acceptors (Lipinski definition) is 3. The average molecular weight is 262 g/mol. The van der Waals surface area contributed by atoms with Gasteiger partial charge >= 0.3 is 0 Å². The highest BCUT2D eigenvalue weighted by molar-refractivity contribution is 5.27. The van der Waals surface area contributed by atoms with Gasteiger partial charge in [0.05, 0.1) is 6.61 Å². The summed E-state index contributed by atoms with van der Waals surface area (Å²) in [6.07, 6.45) is 2.93. The van der Waals surface area contributed by atoms with E-state index < -0.39 is 0 Å². The molecule has 3 nitrogen and oxygen atoms in total. The van der Waals surface area contributed by atoms with Gasteiger partial charge in [0.15, 0.2) is 0 Å². The zero-order valence-corrected chi connectivity index (χ0v) is 11.9. The first-order valence-electron chi connectivity index (χ1n) is 7.03. The maximum Gasteiger partial charge on any atom is 0.0558 e. The van der Waals surface area contributed by atoms with Crippen molar-refractivity contribution in [1.29, 1.82) is 0 Å². The number of benzene rings is 1. The van der Waals surface area contributed by atoms with E-state index in [1.54, 1.807) is 0 Å². The molecule has 0 amide bonds. The minimum Gasteiger partial charge on any atom is -0.395 e. The lowest BCUT2D eigenvalue weighted by atomic mass is 10.0. The number of nitrogens with one attached hydrogen (secondary N) is 1. The van der Waals surface area contributed by atoms with Crippen molar-refractivity contribution < 1.29 is 5.11 Å². The minimum atomic E-state index is 0.188. The molecule has 2 N–H and O–H groups in total. The van der Waals surface area contributed by atoms with Crippen LogP contribution in [0.4, 0.5) is 0 Å². The van der Waals surface area contributed by atoms with Crippen LogP contribution in [-0.2, 0) is 13.0 Å². The summed E-state index contributed by atoms with van der Waals surface area (Å²) >= 11 is 0. The summed E-state index contributed by atoms with van der Waals surface area (Å²) in [7, 11) is 0. The molecule has 0 atom stereocenters. The second-order valence-electron chi connectivity index (χ2n) is 4.62. The minimum absolute atomic E-state index is 0.188. The molecule has 0 aliphatic heterocycles. The van der Waals surface area contributed by atoms with E-state index >= 15 is 0 Å². The first kappa shape index (κ1) is 15.9. The predicted octanol–water partition coefficient (Wildman–Crippen LogP) is 1.82. The Labute approximate surface area is 116 Å². The number of rotatable bonds is 10.